The van der Waals surface area contributed by atoms with E-state index >= 15 is 0 Å². The van der Waals surface area contributed by atoms with Crippen molar-refractivity contribution in [1.82, 2.24) is 4.90 Å². The highest BCUT2D eigenvalue weighted by molar-refractivity contribution is 6.06. The summed E-state index contributed by atoms with van der Waals surface area (Å²) < 4.78 is 22.3. The fourth-order valence-electron chi connectivity index (χ4n) is 5.04. The second-order valence-electron chi connectivity index (χ2n) is 8.02. The van der Waals surface area contributed by atoms with Crippen molar-refractivity contribution in [3.8, 4) is 5.75 Å². The van der Waals surface area contributed by atoms with Crippen molar-refractivity contribution in [2.24, 2.45) is 11.8 Å². The molecular formula is C23H28N2O6. The van der Waals surface area contributed by atoms with E-state index in [0.29, 0.717) is 42.9 Å². The maximum Gasteiger partial charge on any atom is 0.337 e. The molecule has 3 aliphatic heterocycles. The summed E-state index contributed by atoms with van der Waals surface area (Å²) >= 11 is 0. The average molecular weight is 428 g/mol. The Morgan fingerprint density at radius 1 is 1.35 bits per heavy atom. The van der Waals surface area contributed by atoms with E-state index in [1.54, 1.807) is 7.11 Å². The van der Waals surface area contributed by atoms with Gasteiger partial charge in [-0.1, -0.05) is 12.1 Å². The zero-order valence-electron chi connectivity index (χ0n) is 18.1. The number of methoxy groups -OCH3 is 3. The Morgan fingerprint density at radius 3 is 2.84 bits per heavy atom. The second kappa shape index (κ2) is 8.36. The van der Waals surface area contributed by atoms with Crippen LogP contribution in [0.2, 0.25) is 0 Å². The van der Waals surface area contributed by atoms with Crippen molar-refractivity contribution < 1.29 is 28.5 Å². The predicted octanol–water partition coefficient (Wildman–Crippen LogP) is 2.42. The molecule has 1 aromatic carbocycles. The van der Waals surface area contributed by atoms with Crippen LogP contribution in [-0.4, -0.2) is 57.4 Å². The number of ether oxygens (including phenoxy) is 4. The van der Waals surface area contributed by atoms with Crippen LogP contribution in [-0.2, 0) is 29.4 Å². The van der Waals surface area contributed by atoms with Gasteiger partial charge in [-0.2, -0.15) is 0 Å². The lowest BCUT2D eigenvalue weighted by molar-refractivity contribution is -0.215. The van der Waals surface area contributed by atoms with Gasteiger partial charge in [0.15, 0.2) is 5.60 Å². The first-order valence-electron chi connectivity index (χ1n) is 10.3. The molecule has 4 atom stereocenters. The van der Waals surface area contributed by atoms with E-state index in [4.69, 9.17) is 18.9 Å². The van der Waals surface area contributed by atoms with Gasteiger partial charge in [0.25, 0.3) is 5.91 Å². The number of anilines is 1. The zero-order valence-corrected chi connectivity index (χ0v) is 18.1. The monoisotopic (exact) mass is 428 g/mol. The molecule has 1 N–H and O–H groups in total. The molecule has 1 amide bonds. The van der Waals surface area contributed by atoms with Gasteiger partial charge in [-0.25, -0.2) is 4.79 Å². The molecule has 2 fully saturated rings. The fraction of sp³-hybridized carbons (Fsp3) is 0.478. The zero-order chi connectivity index (χ0) is 22.2. The molecule has 166 valence electrons. The van der Waals surface area contributed by atoms with Gasteiger partial charge in [-0.15, -0.1) is 6.58 Å². The Hall–Kier alpha value is -2.84. The molecule has 3 heterocycles. The number of benzene rings is 1. The number of nitrogens with one attached hydrogen (secondary N) is 1. The van der Waals surface area contributed by atoms with Gasteiger partial charge >= 0.3 is 5.97 Å². The fourth-order valence-corrected chi connectivity index (χ4v) is 5.04. The normalized spacial score (nSPS) is 30.2. The van der Waals surface area contributed by atoms with Crippen LogP contribution in [0.25, 0.3) is 0 Å². The van der Waals surface area contributed by atoms with Crippen LogP contribution in [0.1, 0.15) is 18.4 Å². The summed E-state index contributed by atoms with van der Waals surface area (Å²) in [5.41, 5.74) is 0.769. The molecule has 4 rings (SSSR count). The quantitative estimate of drug-likeness (QED) is 0.334. The van der Waals surface area contributed by atoms with Crippen molar-refractivity contribution in [3.63, 3.8) is 0 Å². The summed E-state index contributed by atoms with van der Waals surface area (Å²) in [7, 11) is 4.44. The molecule has 3 aliphatic rings. The summed E-state index contributed by atoms with van der Waals surface area (Å²) in [6.45, 7) is 5.30. The standard InChI is InChI=1S/C23H28N2O6/c1-5-14-12-25-10-9-23(20-17(24-22(23)27)7-6-8-18(20)29-3)31-19(25)11-15(14)16(13-28-2)21(26)30-4/h5-8,13-15,19H,1,9-12H2,2-4H3,(H,24,27)/t14-,15-,19+,23+/m0/s1. The third-order valence-corrected chi connectivity index (χ3v) is 6.55. The van der Waals surface area contributed by atoms with Gasteiger partial charge in [-0.05, 0) is 24.5 Å². The summed E-state index contributed by atoms with van der Waals surface area (Å²) in [6, 6.07) is 5.54. The Morgan fingerprint density at radius 2 is 2.16 bits per heavy atom. The summed E-state index contributed by atoms with van der Waals surface area (Å²) in [4.78, 5) is 27.7. The van der Waals surface area contributed by atoms with Crippen LogP contribution in [0.4, 0.5) is 5.69 Å². The number of nitrogens with zero attached hydrogens (tertiary/aromatic N) is 1. The van der Waals surface area contributed by atoms with E-state index in [1.165, 1.54) is 20.5 Å². The minimum absolute atomic E-state index is 0.0219. The molecule has 0 unspecified atom stereocenters. The maximum atomic E-state index is 13.1. The summed E-state index contributed by atoms with van der Waals surface area (Å²) in [6.07, 6.45) is 3.94. The molecule has 31 heavy (non-hydrogen) atoms. The van der Waals surface area contributed by atoms with Crippen molar-refractivity contribution in [2.45, 2.75) is 24.7 Å². The molecule has 0 bridgehead atoms. The van der Waals surface area contributed by atoms with Gasteiger partial charge in [0, 0.05) is 25.4 Å². The minimum Gasteiger partial charge on any atom is -0.504 e. The van der Waals surface area contributed by atoms with Crippen molar-refractivity contribution in [2.75, 3.05) is 39.7 Å². The number of esters is 1. The molecule has 8 nitrogen and oxygen atoms in total. The lowest BCUT2D eigenvalue weighted by atomic mass is 9.78. The van der Waals surface area contributed by atoms with Crippen LogP contribution in [0.15, 0.2) is 42.7 Å². The average Bonchev–Trinajstić information content (AvgIpc) is 3.06. The molecule has 0 aromatic heterocycles. The topological polar surface area (TPSA) is 86.3 Å². The Bertz CT molecular complexity index is 929. The minimum atomic E-state index is -1.12. The molecule has 0 radical (unpaired) electrons. The Kier molecular flexibility index (Phi) is 5.77. The van der Waals surface area contributed by atoms with Crippen LogP contribution < -0.4 is 10.1 Å². The largest absolute Gasteiger partial charge is 0.504 e. The van der Waals surface area contributed by atoms with E-state index < -0.39 is 11.6 Å². The molecular weight excluding hydrogens is 400 g/mol. The second-order valence-corrected chi connectivity index (χ2v) is 8.02. The van der Waals surface area contributed by atoms with Gasteiger partial charge in [-0.3, -0.25) is 9.69 Å². The number of hydrogen-bond acceptors (Lipinski definition) is 7. The number of fused-ring (bicyclic) bond motifs is 3. The van der Waals surface area contributed by atoms with Gasteiger partial charge < -0.3 is 24.3 Å². The molecule has 0 saturated carbocycles. The Labute approximate surface area is 181 Å². The van der Waals surface area contributed by atoms with E-state index in [0.717, 1.165) is 5.56 Å². The number of piperidine rings is 1. The Balaban J connectivity index is 1.68. The number of carbonyl (C=O) groups excluding carboxylic acids is 2. The van der Waals surface area contributed by atoms with E-state index in [2.05, 4.69) is 16.8 Å². The van der Waals surface area contributed by atoms with Crippen molar-refractivity contribution in [3.05, 3.63) is 48.3 Å². The highest BCUT2D eigenvalue weighted by Crippen LogP contribution is 2.51. The lowest BCUT2D eigenvalue weighted by Crippen LogP contribution is -2.58. The third kappa shape index (κ3) is 3.40. The highest BCUT2D eigenvalue weighted by atomic mass is 16.5. The van der Waals surface area contributed by atoms with Crippen LogP contribution in [0, 0.1) is 11.8 Å². The first-order valence-corrected chi connectivity index (χ1v) is 10.3. The first kappa shape index (κ1) is 21.4. The van der Waals surface area contributed by atoms with Crippen molar-refractivity contribution >= 4 is 17.6 Å². The van der Waals surface area contributed by atoms with Gasteiger partial charge in [0.1, 0.15) is 12.0 Å². The van der Waals surface area contributed by atoms with Crippen molar-refractivity contribution in [1.29, 1.82) is 0 Å². The third-order valence-electron chi connectivity index (χ3n) is 6.55. The smallest absolute Gasteiger partial charge is 0.337 e. The number of carbonyl (C=O) groups is 2. The van der Waals surface area contributed by atoms with Crippen LogP contribution >= 0.6 is 0 Å². The van der Waals surface area contributed by atoms with E-state index in [9.17, 15) is 9.59 Å². The van der Waals surface area contributed by atoms with Gasteiger partial charge in [0.05, 0.1) is 44.4 Å². The molecule has 1 spiro atoms. The molecule has 1 aromatic rings. The molecule has 2 saturated heterocycles. The molecule has 0 aliphatic carbocycles. The maximum absolute atomic E-state index is 13.1. The predicted molar refractivity (Wildman–Crippen MR) is 113 cm³/mol. The van der Waals surface area contributed by atoms with E-state index in [1.807, 2.05) is 24.3 Å². The summed E-state index contributed by atoms with van der Waals surface area (Å²) in [5.74, 6) is -0.190. The van der Waals surface area contributed by atoms with Crippen LogP contribution in [0.5, 0.6) is 5.75 Å². The first-order chi connectivity index (χ1) is 15.0. The summed E-state index contributed by atoms with van der Waals surface area (Å²) in [5, 5.41) is 2.95. The number of hydrogen-bond donors (Lipinski definition) is 1. The lowest BCUT2D eigenvalue weighted by Gasteiger charge is -2.50. The highest BCUT2D eigenvalue weighted by Gasteiger charge is 2.56. The number of rotatable bonds is 5. The SMILES string of the molecule is C=C[C@H]1CN2CC[C@]3(O[C@@H]2C[C@@H]1C(=COC)C(=O)OC)C(=O)Nc1cccc(OC)c13. The number of amides is 1. The molecule has 8 heteroatoms. The van der Waals surface area contributed by atoms with Gasteiger partial charge in [0.2, 0.25) is 0 Å². The van der Waals surface area contributed by atoms with Crippen LogP contribution in [0.3, 0.4) is 0 Å². The van der Waals surface area contributed by atoms with E-state index in [-0.39, 0.29) is 24.0 Å².